The smallest absolute Gasteiger partial charge is 0.257 e. The first kappa shape index (κ1) is 7.07. The highest BCUT2D eigenvalue weighted by Gasteiger charge is 1.90. The summed E-state index contributed by atoms with van der Waals surface area (Å²) in [7, 11) is 0. The number of carbonyl (C=O) groups is 1. The van der Waals surface area contributed by atoms with Crippen molar-refractivity contribution in [3.8, 4) is 0 Å². The largest absolute Gasteiger partial charge is 0.545 e. The Balaban J connectivity index is 3.50. The summed E-state index contributed by atoms with van der Waals surface area (Å²) in [6.45, 7) is 0. The van der Waals surface area contributed by atoms with Crippen LogP contribution in [0.4, 0.5) is 8.78 Å². The van der Waals surface area contributed by atoms with E-state index < -0.39 is 12.4 Å². The highest BCUT2D eigenvalue weighted by atomic mass is 19.3. The van der Waals surface area contributed by atoms with Crippen LogP contribution in [0.3, 0.4) is 0 Å². The number of halogens is 2. The highest BCUT2D eigenvalue weighted by Crippen LogP contribution is 1.91. The molecule has 0 rings (SSSR count). The number of hydrogen-bond acceptors (Lipinski definition) is 2. The fourth-order valence-electron chi connectivity index (χ4n) is 0.151. The predicted octanol–water partition coefficient (Wildman–Crippen LogP) is -0.442. The quantitative estimate of drug-likeness (QED) is 0.464. The SMILES string of the molecule is O=C([O-])C=CC(F)F. The minimum absolute atomic E-state index is 0.245. The maximum atomic E-state index is 11.0. The standard InChI is InChI=1S/C4H4F2O2/c5-3(6)1-2-4(7)8/h1-3H,(H,7,8)/p-1. The minimum Gasteiger partial charge on any atom is -0.545 e. The van der Waals surface area contributed by atoms with E-state index in [1.54, 1.807) is 0 Å². The summed E-state index contributed by atoms with van der Waals surface area (Å²) in [4.78, 5) is 9.37. The van der Waals surface area contributed by atoms with Crippen LogP contribution >= 0.6 is 0 Å². The van der Waals surface area contributed by atoms with Gasteiger partial charge in [0.25, 0.3) is 6.43 Å². The second-order valence-corrected chi connectivity index (χ2v) is 1.01. The van der Waals surface area contributed by atoms with E-state index in [1.165, 1.54) is 0 Å². The molecule has 0 aliphatic heterocycles. The molecule has 0 saturated carbocycles. The van der Waals surface area contributed by atoms with Crippen molar-refractivity contribution in [2.45, 2.75) is 6.43 Å². The molecule has 0 aliphatic rings. The molecule has 0 aliphatic carbocycles. The molecule has 8 heavy (non-hydrogen) atoms. The normalized spacial score (nSPS) is 10.9. The molecule has 0 N–H and O–H groups in total. The lowest BCUT2D eigenvalue weighted by molar-refractivity contribution is -0.297. The molecule has 0 atom stereocenters. The van der Waals surface area contributed by atoms with Gasteiger partial charge in [0.05, 0.1) is 5.97 Å². The maximum Gasteiger partial charge on any atom is 0.257 e. The fourth-order valence-corrected chi connectivity index (χ4v) is 0.151. The van der Waals surface area contributed by atoms with Gasteiger partial charge in [0, 0.05) is 0 Å². The Hall–Kier alpha value is -0.930. The maximum absolute atomic E-state index is 11.0. The summed E-state index contributed by atoms with van der Waals surface area (Å²) in [6.07, 6.45) is -2.17. The Labute approximate surface area is 44.4 Å². The number of hydrogen-bond donors (Lipinski definition) is 0. The van der Waals surface area contributed by atoms with E-state index in [2.05, 4.69) is 0 Å². The van der Waals surface area contributed by atoms with Gasteiger partial charge < -0.3 is 9.90 Å². The number of carboxylic acids is 1. The summed E-state index contributed by atoms with van der Waals surface area (Å²) < 4.78 is 22.0. The van der Waals surface area contributed by atoms with Crippen LogP contribution in [-0.4, -0.2) is 12.4 Å². The van der Waals surface area contributed by atoms with Crippen LogP contribution in [0.1, 0.15) is 0 Å². The lowest BCUT2D eigenvalue weighted by atomic mass is 10.5. The topological polar surface area (TPSA) is 40.1 Å². The minimum atomic E-state index is -2.71. The van der Waals surface area contributed by atoms with Gasteiger partial charge in [0.2, 0.25) is 0 Å². The second-order valence-electron chi connectivity index (χ2n) is 1.01. The molecular weight excluding hydrogens is 118 g/mol. The van der Waals surface area contributed by atoms with Crippen molar-refractivity contribution in [3.05, 3.63) is 12.2 Å². The van der Waals surface area contributed by atoms with Gasteiger partial charge in [0.1, 0.15) is 0 Å². The van der Waals surface area contributed by atoms with Crippen molar-refractivity contribution in [1.29, 1.82) is 0 Å². The predicted molar refractivity (Wildman–Crippen MR) is 20.2 cm³/mol. The van der Waals surface area contributed by atoms with Crippen molar-refractivity contribution in [2.24, 2.45) is 0 Å². The Morgan fingerprint density at radius 2 is 2.12 bits per heavy atom. The molecule has 0 radical (unpaired) electrons. The fraction of sp³-hybridized carbons (Fsp3) is 0.250. The number of carbonyl (C=O) groups excluding carboxylic acids is 1. The summed E-state index contributed by atoms with van der Waals surface area (Å²) in [5.41, 5.74) is 0. The third kappa shape index (κ3) is 5.07. The van der Waals surface area contributed by atoms with Crippen LogP contribution in [-0.2, 0) is 4.79 Å². The molecule has 0 aromatic heterocycles. The number of alkyl halides is 2. The van der Waals surface area contributed by atoms with Crippen LogP contribution < -0.4 is 5.11 Å². The van der Waals surface area contributed by atoms with E-state index in [1.807, 2.05) is 0 Å². The lowest BCUT2D eigenvalue weighted by Crippen LogP contribution is -2.18. The van der Waals surface area contributed by atoms with Crippen molar-refractivity contribution >= 4 is 5.97 Å². The number of aliphatic carboxylic acids is 1. The Morgan fingerprint density at radius 1 is 1.62 bits per heavy atom. The first-order valence-electron chi connectivity index (χ1n) is 1.80. The molecule has 0 aromatic carbocycles. The van der Waals surface area contributed by atoms with Gasteiger partial charge in [-0.15, -0.1) is 0 Å². The molecule has 0 heterocycles. The van der Waals surface area contributed by atoms with Crippen LogP contribution in [0, 0.1) is 0 Å². The average molecular weight is 121 g/mol. The van der Waals surface area contributed by atoms with Crippen LogP contribution in [0.5, 0.6) is 0 Å². The van der Waals surface area contributed by atoms with E-state index in [4.69, 9.17) is 0 Å². The first-order chi connectivity index (χ1) is 3.63. The van der Waals surface area contributed by atoms with Crippen molar-refractivity contribution < 1.29 is 18.7 Å². The van der Waals surface area contributed by atoms with Gasteiger partial charge in [-0.05, 0) is 12.2 Å². The van der Waals surface area contributed by atoms with Crippen LogP contribution in [0.25, 0.3) is 0 Å². The molecule has 0 unspecified atom stereocenters. The van der Waals surface area contributed by atoms with Gasteiger partial charge in [-0.2, -0.15) is 0 Å². The van der Waals surface area contributed by atoms with E-state index in [0.717, 1.165) is 0 Å². The molecule has 46 valence electrons. The summed E-state index contributed by atoms with van der Waals surface area (Å²) in [5, 5.41) is 9.37. The summed E-state index contributed by atoms with van der Waals surface area (Å²) >= 11 is 0. The number of allylic oxidation sites excluding steroid dienone is 1. The zero-order valence-electron chi connectivity index (χ0n) is 3.80. The molecular formula is C4H3F2O2-. The van der Waals surface area contributed by atoms with Gasteiger partial charge >= 0.3 is 0 Å². The third-order valence-electron chi connectivity index (χ3n) is 0.378. The van der Waals surface area contributed by atoms with Crippen LogP contribution in [0.2, 0.25) is 0 Å². The van der Waals surface area contributed by atoms with E-state index in [9.17, 15) is 18.7 Å². The number of carboxylic acid groups (broad SMARTS) is 1. The molecule has 0 fully saturated rings. The number of rotatable bonds is 2. The van der Waals surface area contributed by atoms with Gasteiger partial charge in [-0.25, -0.2) is 8.78 Å². The van der Waals surface area contributed by atoms with Gasteiger partial charge in [0.15, 0.2) is 0 Å². The molecule has 0 aromatic rings. The van der Waals surface area contributed by atoms with Crippen molar-refractivity contribution in [2.75, 3.05) is 0 Å². The Kier molecular flexibility index (Phi) is 2.76. The van der Waals surface area contributed by atoms with E-state index in [-0.39, 0.29) is 6.08 Å². The lowest BCUT2D eigenvalue weighted by Gasteiger charge is -1.88. The molecule has 4 heteroatoms. The molecule has 2 nitrogen and oxygen atoms in total. The Morgan fingerprint density at radius 3 is 2.25 bits per heavy atom. The van der Waals surface area contributed by atoms with E-state index in [0.29, 0.717) is 6.08 Å². The molecule has 0 amide bonds. The molecule has 0 saturated heterocycles. The Bertz CT molecular complexity index is 109. The summed E-state index contributed by atoms with van der Waals surface area (Å²) in [5.74, 6) is -1.61. The van der Waals surface area contributed by atoms with Crippen molar-refractivity contribution in [1.82, 2.24) is 0 Å². The zero-order chi connectivity index (χ0) is 6.57. The monoisotopic (exact) mass is 121 g/mol. The molecule has 0 bridgehead atoms. The molecule has 0 spiro atoms. The zero-order valence-corrected chi connectivity index (χ0v) is 3.80. The van der Waals surface area contributed by atoms with Crippen molar-refractivity contribution in [3.63, 3.8) is 0 Å². The summed E-state index contributed by atoms with van der Waals surface area (Å²) in [6, 6.07) is 0. The van der Waals surface area contributed by atoms with Gasteiger partial charge in [-0.1, -0.05) is 0 Å². The average Bonchev–Trinajstić information content (AvgIpc) is 1.61. The van der Waals surface area contributed by atoms with Crippen LogP contribution in [0.15, 0.2) is 12.2 Å². The third-order valence-corrected chi connectivity index (χ3v) is 0.378. The van der Waals surface area contributed by atoms with Gasteiger partial charge in [-0.3, -0.25) is 0 Å². The van der Waals surface area contributed by atoms with E-state index >= 15 is 0 Å². The highest BCUT2D eigenvalue weighted by molar-refractivity contribution is 5.77. The first-order valence-corrected chi connectivity index (χ1v) is 1.80. The second kappa shape index (κ2) is 3.12.